The Morgan fingerprint density at radius 2 is 2.26 bits per heavy atom. The Hall–Kier alpha value is -0.0400. The van der Waals surface area contributed by atoms with E-state index in [9.17, 15) is 5.11 Å². The molecule has 1 aliphatic rings. The van der Waals surface area contributed by atoms with Crippen molar-refractivity contribution in [2.24, 2.45) is 5.41 Å². The van der Waals surface area contributed by atoms with Crippen molar-refractivity contribution in [3.8, 4) is 0 Å². The number of hydrogen-bond donors (Lipinski definition) is 1. The van der Waals surface area contributed by atoms with Crippen LogP contribution in [-0.2, 0) is 16.9 Å². The maximum absolute atomic E-state index is 11.1. The van der Waals surface area contributed by atoms with Gasteiger partial charge in [-0.25, -0.2) is 0 Å². The van der Waals surface area contributed by atoms with Crippen LogP contribution in [0, 0.1) is 5.41 Å². The third-order valence-electron chi connectivity index (χ3n) is 3.35. The van der Waals surface area contributed by atoms with Crippen LogP contribution in [0.25, 0.3) is 0 Å². The van der Waals surface area contributed by atoms with Gasteiger partial charge in [0.05, 0.1) is 29.5 Å². The lowest BCUT2D eigenvalue weighted by Crippen LogP contribution is -2.42. The van der Waals surface area contributed by atoms with E-state index in [2.05, 4.69) is 34.9 Å². The number of hydrogen-bond acceptors (Lipinski definition) is 4. The number of aliphatic hydroxyl groups is 1. The third-order valence-corrected chi connectivity index (χ3v) is 5.60. The number of rotatable bonds is 4. The molecule has 19 heavy (non-hydrogen) atoms. The second kappa shape index (κ2) is 5.76. The third kappa shape index (κ3) is 3.35. The number of thioether (sulfide) groups is 1. The van der Waals surface area contributed by atoms with E-state index in [1.807, 2.05) is 4.68 Å². The minimum atomic E-state index is -0.824. The summed E-state index contributed by atoms with van der Waals surface area (Å²) in [6.07, 6.45) is 2.51. The van der Waals surface area contributed by atoms with Crippen LogP contribution in [0.4, 0.5) is 0 Å². The summed E-state index contributed by atoms with van der Waals surface area (Å²) < 4.78 is 7.84. The minimum absolute atomic E-state index is 0.132. The molecule has 1 aromatic heterocycles. The number of nitrogens with zero attached hydrogens (tertiary/aromatic N) is 2. The molecule has 1 unspecified atom stereocenters. The van der Waals surface area contributed by atoms with Gasteiger partial charge in [0, 0.05) is 12.9 Å². The van der Waals surface area contributed by atoms with Crippen LogP contribution in [-0.4, -0.2) is 40.1 Å². The molecule has 1 N–H and O–H groups in total. The first-order valence-corrected chi connectivity index (χ1v) is 8.34. The van der Waals surface area contributed by atoms with E-state index in [0.29, 0.717) is 18.9 Å². The number of ether oxygens (including phenoxy) is 1. The van der Waals surface area contributed by atoms with Crippen molar-refractivity contribution in [3.05, 3.63) is 16.4 Å². The van der Waals surface area contributed by atoms with Gasteiger partial charge in [0.25, 0.3) is 0 Å². The highest BCUT2D eigenvalue weighted by Gasteiger charge is 2.43. The molecule has 1 fully saturated rings. The van der Waals surface area contributed by atoms with Gasteiger partial charge in [-0.3, -0.25) is 4.68 Å². The van der Waals surface area contributed by atoms with E-state index in [1.54, 1.807) is 25.1 Å². The van der Waals surface area contributed by atoms with Crippen LogP contribution in [0.5, 0.6) is 0 Å². The molecule has 0 bridgehead atoms. The van der Waals surface area contributed by atoms with E-state index >= 15 is 0 Å². The molecule has 0 amide bonds. The van der Waals surface area contributed by atoms with Crippen molar-refractivity contribution in [1.29, 1.82) is 0 Å². The SMILES string of the molecule is COCCn1ncc(Br)c1C1(O)CSCC(C)(C)C1. The predicted octanol–water partition coefficient (Wildman–Crippen LogP) is 2.64. The highest BCUT2D eigenvalue weighted by Crippen LogP contribution is 2.46. The Balaban J connectivity index is 2.31. The van der Waals surface area contributed by atoms with E-state index in [-0.39, 0.29) is 5.41 Å². The second-order valence-corrected chi connectivity index (χ2v) is 7.76. The molecule has 4 nitrogen and oxygen atoms in total. The summed E-state index contributed by atoms with van der Waals surface area (Å²) in [5.74, 6) is 1.80. The zero-order chi connectivity index (χ0) is 14.1. The van der Waals surface area contributed by atoms with Crippen LogP contribution in [0.15, 0.2) is 10.7 Å². The molecular formula is C13H21BrN2O2S. The molecule has 6 heteroatoms. The maximum Gasteiger partial charge on any atom is 0.117 e. The first-order chi connectivity index (χ1) is 8.88. The summed E-state index contributed by atoms with van der Waals surface area (Å²) in [7, 11) is 1.67. The van der Waals surface area contributed by atoms with E-state index in [4.69, 9.17) is 4.74 Å². The van der Waals surface area contributed by atoms with Crippen LogP contribution in [0.2, 0.25) is 0 Å². The van der Waals surface area contributed by atoms with Crippen molar-refractivity contribution in [2.75, 3.05) is 25.2 Å². The van der Waals surface area contributed by atoms with Crippen molar-refractivity contribution in [1.82, 2.24) is 9.78 Å². The van der Waals surface area contributed by atoms with Crippen LogP contribution in [0.1, 0.15) is 26.0 Å². The summed E-state index contributed by atoms with van der Waals surface area (Å²) >= 11 is 5.33. The molecule has 1 saturated heterocycles. The Morgan fingerprint density at radius 3 is 2.89 bits per heavy atom. The van der Waals surface area contributed by atoms with Crippen LogP contribution < -0.4 is 0 Å². The predicted molar refractivity (Wildman–Crippen MR) is 81.4 cm³/mol. The van der Waals surface area contributed by atoms with Gasteiger partial charge in [-0.05, 0) is 33.5 Å². The van der Waals surface area contributed by atoms with E-state index < -0.39 is 5.60 Å². The number of aromatic nitrogens is 2. The average Bonchev–Trinajstić information content (AvgIpc) is 2.66. The monoisotopic (exact) mass is 348 g/mol. The van der Waals surface area contributed by atoms with E-state index in [0.717, 1.165) is 22.3 Å². The van der Waals surface area contributed by atoms with Gasteiger partial charge < -0.3 is 9.84 Å². The van der Waals surface area contributed by atoms with Crippen molar-refractivity contribution in [2.45, 2.75) is 32.4 Å². The highest BCUT2D eigenvalue weighted by atomic mass is 79.9. The maximum atomic E-state index is 11.1. The van der Waals surface area contributed by atoms with Crippen LogP contribution in [0.3, 0.4) is 0 Å². The van der Waals surface area contributed by atoms with Gasteiger partial charge in [-0.2, -0.15) is 16.9 Å². The molecule has 108 valence electrons. The Kier molecular flexibility index (Phi) is 4.65. The lowest BCUT2D eigenvalue weighted by Gasteiger charge is -2.41. The molecule has 1 aliphatic heterocycles. The molecule has 0 aromatic carbocycles. The quantitative estimate of drug-likeness (QED) is 0.908. The Labute approximate surface area is 127 Å². The molecule has 1 aromatic rings. The standard InChI is InChI=1S/C13H21BrN2O2S/c1-12(2)7-13(17,9-19-8-12)11-10(14)6-15-16(11)4-5-18-3/h6,17H,4-5,7-9H2,1-3H3. The van der Waals surface area contributed by atoms with Gasteiger partial charge in [0.2, 0.25) is 0 Å². The molecule has 2 heterocycles. The molecule has 0 aliphatic carbocycles. The fourth-order valence-corrected chi connectivity index (χ4v) is 4.71. The Morgan fingerprint density at radius 1 is 1.53 bits per heavy atom. The molecule has 0 saturated carbocycles. The van der Waals surface area contributed by atoms with Gasteiger partial charge in [-0.1, -0.05) is 13.8 Å². The van der Waals surface area contributed by atoms with Crippen molar-refractivity contribution in [3.63, 3.8) is 0 Å². The first kappa shape index (κ1) is 15.4. The van der Waals surface area contributed by atoms with Gasteiger partial charge in [-0.15, -0.1) is 0 Å². The molecular weight excluding hydrogens is 328 g/mol. The topological polar surface area (TPSA) is 47.3 Å². The van der Waals surface area contributed by atoms with Crippen molar-refractivity contribution < 1.29 is 9.84 Å². The second-order valence-electron chi connectivity index (χ2n) is 5.92. The first-order valence-electron chi connectivity index (χ1n) is 6.39. The molecule has 2 rings (SSSR count). The van der Waals surface area contributed by atoms with Crippen molar-refractivity contribution >= 4 is 27.7 Å². The molecule has 0 spiro atoms. The zero-order valence-corrected chi connectivity index (χ0v) is 14.1. The fourth-order valence-electron chi connectivity index (χ4n) is 2.71. The summed E-state index contributed by atoms with van der Waals surface area (Å²) in [6.45, 7) is 5.65. The Bertz CT molecular complexity index is 450. The molecule has 1 atom stereocenters. The summed E-state index contributed by atoms with van der Waals surface area (Å²) in [4.78, 5) is 0. The summed E-state index contributed by atoms with van der Waals surface area (Å²) in [6, 6.07) is 0. The molecule has 0 radical (unpaired) electrons. The van der Waals surface area contributed by atoms with Gasteiger partial charge in [0.15, 0.2) is 0 Å². The normalized spacial score (nSPS) is 26.6. The number of halogens is 1. The zero-order valence-electron chi connectivity index (χ0n) is 11.6. The number of methoxy groups -OCH3 is 1. The average molecular weight is 349 g/mol. The van der Waals surface area contributed by atoms with E-state index in [1.165, 1.54) is 0 Å². The lowest BCUT2D eigenvalue weighted by molar-refractivity contribution is 0.00592. The van der Waals surface area contributed by atoms with Crippen LogP contribution >= 0.6 is 27.7 Å². The minimum Gasteiger partial charge on any atom is -0.383 e. The summed E-state index contributed by atoms with van der Waals surface area (Å²) in [5, 5.41) is 15.4. The fraction of sp³-hybridized carbons (Fsp3) is 0.769. The van der Waals surface area contributed by atoms with Gasteiger partial charge >= 0.3 is 0 Å². The lowest BCUT2D eigenvalue weighted by atomic mass is 9.80. The van der Waals surface area contributed by atoms with Gasteiger partial charge in [0.1, 0.15) is 5.60 Å². The smallest absolute Gasteiger partial charge is 0.117 e. The largest absolute Gasteiger partial charge is 0.383 e. The highest BCUT2D eigenvalue weighted by molar-refractivity contribution is 9.10. The summed E-state index contributed by atoms with van der Waals surface area (Å²) in [5.41, 5.74) is 0.188.